The summed E-state index contributed by atoms with van der Waals surface area (Å²) in [7, 11) is 0. The predicted octanol–water partition coefficient (Wildman–Crippen LogP) is 4.77. The zero-order chi connectivity index (χ0) is 14.7. The molecule has 0 saturated heterocycles. The first-order chi connectivity index (χ1) is 9.51. The van der Waals surface area contributed by atoms with Crippen molar-refractivity contribution in [3.05, 3.63) is 63.6 Å². The van der Waals surface area contributed by atoms with E-state index in [0.717, 1.165) is 12.1 Å². The lowest BCUT2D eigenvalue weighted by Gasteiger charge is -2.17. The molecule has 0 aromatic heterocycles. The Balaban J connectivity index is 2.26. The summed E-state index contributed by atoms with van der Waals surface area (Å²) in [6.07, 6.45) is 0. The number of nitrogens with zero attached hydrogens (tertiary/aromatic N) is 1. The van der Waals surface area contributed by atoms with Crippen molar-refractivity contribution < 1.29 is 8.78 Å². The summed E-state index contributed by atoms with van der Waals surface area (Å²) in [5.41, 5.74) is 1.48. The number of hydrogen-bond acceptors (Lipinski definition) is 2. The zero-order valence-electron chi connectivity index (χ0n) is 10.6. The fourth-order valence-electron chi connectivity index (χ4n) is 1.86. The zero-order valence-corrected chi connectivity index (χ0v) is 12.2. The van der Waals surface area contributed by atoms with Crippen LogP contribution in [-0.4, -0.2) is 0 Å². The van der Waals surface area contributed by atoms with Gasteiger partial charge >= 0.3 is 0 Å². The van der Waals surface area contributed by atoms with Gasteiger partial charge in [0.1, 0.15) is 11.6 Å². The molecule has 2 aromatic carbocycles. The highest BCUT2D eigenvalue weighted by molar-refractivity contribution is 9.10. The average molecular weight is 337 g/mol. The van der Waals surface area contributed by atoms with E-state index in [1.807, 2.05) is 6.07 Å². The topological polar surface area (TPSA) is 35.8 Å². The molecule has 0 bridgehead atoms. The first-order valence-electron chi connectivity index (χ1n) is 5.92. The molecule has 0 saturated carbocycles. The Bertz CT molecular complexity index is 680. The van der Waals surface area contributed by atoms with E-state index >= 15 is 0 Å². The molecule has 0 heterocycles. The van der Waals surface area contributed by atoms with Crippen molar-refractivity contribution in [1.82, 2.24) is 0 Å². The molecule has 0 aliphatic rings. The highest BCUT2D eigenvalue weighted by Gasteiger charge is 2.13. The van der Waals surface area contributed by atoms with Crippen LogP contribution in [-0.2, 0) is 0 Å². The van der Waals surface area contributed by atoms with Gasteiger partial charge in [-0.25, -0.2) is 8.78 Å². The Morgan fingerprint density at radius 3 is 2.60 bits per heavy atom. The largest absolute Gasteiger partial charge is 0.377 e. The quantitative estimate of drug-likeness (QED) is 0.876. The maximum atomic E-state index is 13.7. The lowest BCUT2D eigenvalue weighted by atomic mass is 10.1. The van der Waals surface area contributed by atoms with Gasteiger partial charge in [0, 0.05) is 15.7 Å². The van der Waals surface area contributed by atoms with Crippen molar-refractivity contribution in [2.45, 2.75) is 13.0 Å². The highest BCUT2D eigenvalue weighted by Crippen LogP contribution is 2.28. The summed E-state index contributed by atoms with van der Waals surface area (Å²) in [4.78, 5) is 0. The Morgan fingerprint density at radius 1 is 1.20 bits per heavy atom. The SMILES string of the molecule is CC(Nc1ccc(C#N)cc1Br)c1cc(F)ccc1F. The Morgan fingerprint density at radius 2 is 1.95 bits per heavy atom. The molecule has 102 valence electrons. The second kappa shape index (κ2) is 6.02. The summed E-state index contributed by atoms with van der Waals surface area (Å²) in [6, 6.07) is 10.0. The molecule has 0 amide bonds. The summed E-state index contributed by atoms with van der Waals surface area (Å²) >= 11 is 3.34. The van der Waals surface area contributed by atoms with Gasteiger partial charge in [0.25, 0.3) is 0 Å². The molecule has 0 fully saturated rings. The molecule has 1 unspecified atom stereocenters. The van der Waals surface area contributed by atoms with Crippen molar-refractivity contribution >= 4 is 21.6 Å². The number of rotatable bonds is 3. The van der Waals surface area contributed by atoms with Crippen LogP contribution in [0.4, 0.5) is 14.5 Å². The van der Waals surface area contributed by atoms with Crippen LogP contribution in [0.25, 0.3) is 0 Å². The molecule has 0 spiro atoms. The summed E-state index contributed by atoms with van der Waals surface area (Å²) in [5.74, 6) is -0.940. The smallest absolute Gasteiger partial charge is 0.128 e. The standard InChI is InChI=1S/C15H11BrF2N2/c1-9(12-7-11(17)3-4-14(12)18)20-15-5-2-10(8-19)6-13(15)16/h2-7,9,20H,1H3. The van der Waals surface area contributed by atoms with E-state index in [9.17, 15) is 8.78 Å². The van der Waals surface area contributed by atoms with E-state index in [-0.39, 0.29) is 5.56 Å². The Kier molecular flexibility index (Phi) is 4.35. The van der Waals surface area contributed by atoms with Gasteiger partial charge < -0.3 is 5.32 Å². The van der Waals surface area contributed by atoms with Crippen LogP contribution in [0.15, 0.2) is 40.9 Å². The molecule has 1 N–H and O–H groups in total. The number of benzene rings is 2. The third kappa shape index (κ3) is 3.14. The number of anilines is 1. The first-order valence-corrected chi connectivity index (χ1v) is 6.71. The van der Waals surface area contributed by atoms with Gasteiger partial charge in [0.2, 0.25) is 0 Å². The first kappa shape index (κ1) is 14.5. The summed E-state index contributed by atoms with van der Waals surface area (Å²) < 4.78 is 27.6. The minimum atomic E-state index is -0.478. The van der Waals surface area contributed by atoms with Crippen LogP contribution in [0.1, 0.15) is 24.1 Å². The average Bonchev–Trinajstić information content (AvgIpc) is 2.43. The third-order valence-corrected chi connectivity index (χ3v) is 3.55. The minimum Gasteiger partial charge on any atom is -0.377 e. The molecular formula is C15H11BrF2N2. The maximum absolute atomic E-state index is 13.7. The summed E-state index contributed by atoms with van der Waals surface area (Å²) in [5, 5.41) is 11.9. The van der Waals surface area contributed by atoms with Crippen molar-refractivity contribution in [3.63, 3.8) is 0 Å². The normalized spacial score (nSPS) is 11.8. The second-order valence-corrected chi connectivity index (χ2v) is 5.19. The van der Waals surface area contributed by atoms with Gasteiger partial charge in [-0.15, -0.1) is 0 Å². The van der Waals surface area contributed by atoms with Gasteiger partial charge in [-0.1, -0.05) is 0 Å². The lowest BCUT2D eigenvalue weighted by Crippen LogP contribution is -2.09. The number of halogens is 3. The number of nitriles is 1. The fourth-order valence-corrected chi connectivity index (χ4v) is 2.35. The number of hydrogen-bond donors (Lipinski definition) is 1. The van der Waals surface area contributed by atoms with Crippen LogP contribution in [0.3, 0.4) is 0 Å². The number of nitrogens with one attached hydrogen (secondary N) is 1. The van der Waals surface area contributed by atoms with Gasteiger partial charge in [0.15, 0.2) is 0 Å². The van der Waals surface area contributed by atoms with Crippen LogP contribution < -0.4 is 5.32 Å². The fraction of sp³-hybridized carbons (Fsp3) is 0.133. The van der Waals surface area contributed by atoms with Crippen LogP contribution in [0, 0.1) is 23.0 Å². The monoisotopic (exact) mass is 336 g/mol. The maximum Gasteiger partial charge on any atom is 0.128 e. The van der Waals surface area contributed by atoms with Gasteiger partial charge in [-0.05, 0) is 59.3 Å². The highest BCUT2D eigenvalue weighted by atomic mass is 79.9. The molecule has 5 heteroatoms. The van der Waals surface area contributed by atoms with Crippen molar-refractivity contribution in [2.75, 3.05) is 5.32 Å². The molecule has 0 aliphatic carbocycles. The van der Waals surface area contributed by atoms with E-state index in [1.165, 1.54) is 6.07 Å². The molecule has 2 aromatic rings. The van der Waals surface area contributed by atoms with E-state index < -0.39 is 17.7 Å². The van der Waals surface area contributed by atoms with Crippen LogP contribution in [0.2, 0.25) is 0 Å². The van der Waals surface area contributed by atoms with Crippen LogP contribution >= 0.6 is 15.9 Å². The van der Waals surface area contributed by atoms with Crippen LogP contribution in [0.5, 0.6) is 0 Å². The molecule has 20 heavy (non-hydrogen) atoms. The molecular weight excluding hydrogens is 326 g/mol. The predicted molar refractivity (Wildman–Crippen MR) is 77.3 cm³/mol. The van der Waals surface area contributed by atoms with Crippen molar-refractivity contribution in [2.24, 2.45) is 0 Å². The molecule has 1 atom stereocenters. The van der Waals surface area contributed by atoms with Crippen molar-refractivity contribution in [1.29, 1.82) is 5.26 Å². The molecule has 0 aliphatic heterocycles. The van der Waals surface area contributed by atoms with Crippen molar-refractivity contribution in [3.8, 4) is 6.07 Å². The van der Waals surface area contributed by atoms with E-state index in [0.29, 0.717) is 15.7 Å². The summed E-state index contributed by atoms with van der Waals surface area (Å²) in [6.45, 7) is 1.74. The van der Waals surface area contributed by atoms with E-state index in [2.05, 4.69) is 21.2 Å². The molecule has 0 radical (unpaired) electrons. The van der Waals surface area contributed by atoms with E-state index in [1.54, 1.807) is 25.1 Å². The third-order valence-electron chi connectivity index (χ3n) is 2.89. The Hall–Kier alpha value is -1.93. The van der Waals surface area contributed by atoms with Gasteiger partial charge in [-0.3, -0.25) is 0 Å². The Labute approximate surface area is 124 Å². The second-order valence-electron chi connectivity index (χ2n) is 4.34. The molecule has 2 rings (SSSR count). The minimum absolute atomic E-state index is 0.251. The lowest BCUT2D eigenvalue weighted by molar-refractivity contribution is 0.577. The van der Waals surface area contributed by atoms with E-state index in [4.69, 9.17) is 5.26 Å². The van der Waals surface area contributed by atoms with Gasteiger partial charge in [-0.2, -0.15) is 5.26 Å². The molecule has 2 nitrogen and oxygen atoms in total. The van der Waals surface area contributed by atoms with Gasteiger partial charge in [0.05, 0.1) is 17.7 Å².